The Labute approximate surface area is 122 Å². The third-order valence-electron chi connectivity index (χ3n) is 2.95. The lowest BCUT2D eigenvalue weighted by Gasteiger charge is -2.14. The van der Waals surface area contributed by atoms with E-state index < -0.39 is 10.0 Å². The first-order chi connectivity index (χ1) is 9.44. The first-order valence-electron chi connectivity index (χ1n) is 6.15. The Morgan fingerprint density at radius 1 is 1.40 bits per heavy atom. The van der Waals surface area contributed by atoms with Gasteiger partial charge in [0.15, 0.2) is 0 Å². The number of nitrogens with zero attached hydrogens (tertiary/aromatic N) is 1. The monoisotopic (exact) mass is 311 g/mol. The van der Waals surface area contributed by atoms with Gasteiger partial charge in [0, 0.05) is 34.7 Å². The Hall–Kier alpha value is -1.28. The molecule has 0 spiro atoms. The molecule has 0 aliphatic carbocycles. The van der Waals surface area contributed by atoms with E-state index in [4.69, 9.17) is 5.73 Å². The van der Waals surface area contributed by atoms with Crippen molar-refractivity contribution < 1.29 is 8.42 Å². The number of nitrogens with two attached hydrogens (primary N) is 1. The highest BCUT2D eigenvalue weighted by Gasteiger charge is 2.22. The van der Waals surface area contributed by atoms with Gasteiger partial charge in [-0.2, -0.15) is 0 Å². The second-order valence-electron chi connectivity index (χ2n) is 4.46. The molecule has 0 amide bonds. The van der Waals surface area contributed by atoms with Crippen LogP contribution in [0.3, 0.4) is 0 Å². The number of sulfonamides is 1. The molecule has 1 unspecified atom stereocenters. The Morgan fingerprint density at radius 3 is 2.60 bits per heavy atom. The molecule has 20 heavy (non-hydrogen) atoms. The molecule has 108 valence electrons. The van der Waals surface area contributed by atoms with Crippen LogP contribution in [0.4, 0.5) is 0 Å². The third kappa shape index (κ3) is 3.24. The number of aromatic nitrogens is 1. The molecule has 0 aromatic carbocycles. The Kier molecular flexibility index (Phi) is 4.54. The summed E-state index contributed by atoms with van der Waals surface area (Å²) < 4.78 is 27.5. The number of rotatable bonds is 5. The summed E-state index contributed by atoms with van der Waals surface area (Å²) in [6.07, 6.45) is 3.28. The maximum Gasteiger partial charge on any atom is 0.242 e. The highest BCUT2D eigenvalue weighted by Crippen LogP contribution is 2.26. The van der Waals surface area contributed by atoms with Gasteiger partial charge in [-0.1, -0.05) is 0 Å². The summed E-state index contributed by atoms with van der Waals surface area (Å²) in [7, 11) is -3.54. The molecule has 1 atom stereocenters. The van der Waals surface area contributed by atoms with Crippen molar-refractivity contribution in [2.24, 2.45) is 5.73 Å². The van der Waals surface area contributed by atoms with Crippen molar-refractivity contribution in [3.05, 3.63) is 45.9 Å². The zero-order valence-electron chi connectivity index (χ0n) is 11.3. The van der Waals surface area contributed by atoms with Crippen molar-refractivity contribution in [3.8, 4) is 0 Å². The smallest absolute Gasteiger partial charge is 0.242 e. The number of aryl methyl sites for hydroxylation is 1. The van der Waals surface area contributed by atoms with Crippen LogP contribution in [0.25, 0.3) is 0 Å². The molecule has 7 heteroatoms. The average molecular weight is 311 g/mol. The lowest BCUT2D eigenvalue weighted by molar-refractivity contribution is 0.566. The molecule has 2 heterocycles. The zero-order valence-corrected chi connectivity index (χ0v) is 13.0. The maximum atomic E-state index is 12.4. The van der Waals surface area contributed by atoms with E-state index in [9.17, 15) is 8.42 Å². The van der Waals surface area contributed by atoms with Crippen LogP contribution in [0.1, 0.15) is 28.3 Å². The van der Waals surface area contributed by atoms with Crippen LogP contribution in [0, 0.1) is 6.92 Å². The molecule has 5 nitrogen and oxygen atoms in total. The van der Waals surface area contributed by atoms with E-state index in [1.54, 1.807) is 44.4 Å². The number of nitrogens with one attached hydrogen (secondary N) is 1. The molecule has 2 aromatic heterocycles. The quantitative estimate of drug-likeness (QED) is 0.884. The summed E-state index contributed by atoms with van der Waals surface area (Å²) in [5, 5.41) is 0. The molecule has 2 rings (SSSR count). The molecular formula is C13H17N3O2S2. The van der Waals surface area contributed by atoms with Crippen LogP contribution >= 0.6 is 11.3 Å². The maximum absolute atomic E-state index is 12.4. The average Bonchev–Trinajstić information content (AvgIpc) is 2.81. The van der Waals surface area contributed by atoms with Crippen molar-refractivity contribution in [3.63, 3.8) is 0 Å². The van der Waals surface area contributed by atoms with E-state index in [0.717, 1.165) is 15.3 Å². The molecule has 0 radical (unpaired) electrons. The lowest BCUT2D eigenvalue weighted by atomic mass is 10.1. The predicted molar refractivity (Wildman–Crippen MR) is 79.9 cm³/mol. The summed E-state index contributed by atoms with van der Waals surface area (Å²) in [6.45, 7) is 3.94. The second-order valence-corrected chi connectivity index (χ2v) is 7.48. The standard InChI is InChI=1S/C13H17N3O2S2/c1-9(11-3-5-15-6-4-11)16-20(17,18)13-7-12(8-14)19-10(13)2/h3-7,9,16H,8,14H2,1-2H3. The van der Waals surface area contributed by atoms with E-state index in [-0.39, 0.29) is 6.04 Å². The second kappa shape index (κ2) is 6.01. The fourth-order valence-electron chi connectivity index (χ4n) is 1.91. The van der Waals surface area contributed by atoms with Crippen molar-refractivity contribution in [1.29, 1.82) is 0 Å². The van der Waals surface area contributed by atoms with Gasteiger partial charge in [0.2, 0.25) is 10.0 Å². The highest BCUT2D eigenvalue weighted by atomic mass is 32.2. The molecule has 0 aliphatic rings. The van der Waals surface area contributed by atoms with Crippen molar-refractivity contribution in [1.82, 2.24) is 9.71 Å². The van der Waals surface area contributed by atoms with Gasteiger partial charge >= 0.3 is 0 Å². The third-order valence-corrected chi connectivity index (χ3v) is 5.82. The van der Waals surface area contributed by atoms with Crippen LogP contribution in [-0.2, 0) is 16.6 Å². The summed E-state index contributed by atoms with van der Waals surface area (Å²) in [5.41, 5.74) is 6.43. The van der Waals surface area contributed by atoms with Gasteiger partial charge in [0.25, 0.3) is 0 Å². The first-order valence-corrected chi connectivity index (χ1v) is 8.45. The number of thiophene rings is 1. The van der Waals surface area contributed by atoms with E-state index in [2.05, 4.69) is 9.71 Å². The molecular weight excluding hydrogens is 294 g/mol. The highest BCUT2D eigenvalue weighted by molar-refractivity contribution is 7.89. The van der Waals surface area contributed by atoms with E-state index in [1.165, 1.54) is 11.3 Å². The van der Waals surface area contributed by atoms with Gasteiger partial charge in [0.1, 0.15) is 0 Å². The van der Waals surface area contributed by atoms with Gasteiger partial charge in [-0.15, -0.1) is 11.3 Å². The van der Waals surface area contributed by atoms with Crippen LogP contribution in [0.15, 0.2) is 35.5 Å². The van der Waals surface area contributed by atoms with Gasteiger partial charge in [-0.25, -0.2) is 13.1 Å². The molecule has 0 fully saturated rings. The van der Waals surface area contributed by atoms with Crippen molar-refractivity contribution in [2.75, 3.05) is 0 Å². The van der Waals surface area contributed by atoms with E-state index >= 15 is 0 Å². The summed E-state index contributed by atoms with van der Waals surface area (Å²) in [4.78, 5) is 5.84. The topological polar surface area (TPSA) is 85.1 Å². The predicted octanol–water partition coefficient (Wildman–Crippen LogP) is 1.95. The minimum Gasteiger partial charge on any atom is -0.326 e. The van der Waals surface area contributed by atoms with E-state index in [0.29, 0.717) is 11.4 Å². The van der Waals surface area contributed by atoms with E-state index in [1.807, 2.05) is 0 Å². The molecule has 0 saturated carbocycles. The molecule has 0 bridgehead atoms. The van der Waals surface area contributed by atoms with Gasteiger partial charge in [-0.3, -0.25) is 4.98 Å². The fourth-order valence-corrected chi connectivity index (χ4v) is 4.65. The fraction of sp³-hybridized carbons (Fsp3) is 0.308. The molecule has 2 aromatic rings. The zero-order chi connectivity index (χ0) is 14.8. The molecule has 0 aliphatic heterocycles. The van der Waals surface area contributed by atoms with Crippen LogP contribution in [0.5, 0.6) is 0 Å². The van der Waals surface area contributed by atoms with Gasteiger partial charge < -0.3 is 5.73 Å². The Morgan fingerprint density at radius 2 is 2.05 bits per heavy atom. The van der Waals surface area contributed by atoms with Crippen LogP contribution in [-0.4, -0.2) is 13.4 Å². The van der Waals surface area contributed by atoms with Crippen molar-refractivity contribution in [2.45, 2.75) is 31.3 Å². The molecule has 0 saturated heterocycles. The SMILES string of the molecule is Cc1sc(CN)cc1S(=O)(=O)NC(C)c1ccncc1. The largest absolute Gasteiger partial charge is 0.326 e. The Bertz CT molecular complexity index is 681. The lowest BCUT2D eigenvalue weighted by Crippen LogP contribution is -2.27. The Balaban J connectivity index is 2.25. The van der Waals surface area contributed by atoms with Gasteiger partial charge in [-0.05, 0) is 37.6 Å². The summed E-state index contributed by atoms with van der Waals surface area (Å²) in [6, 6.07) is 4.91. The first kappa shape index (κ1) is 15.1. The summed E-state index contributed by atoms with van der Waals surface area (Å²) in [5.74, 6) is 0. The van der Waals surface area contributed by atoms with Crippen LogP contribution in [0.2, 0.25) is 0 Å². The normalized spacial score (nSPS) is 13.3. The van der Waals surface area contributed by atoms with Crippen LogP contribution < -0.4 is 10.5 Å². The van der Waals surface area contributed by atoms with Crippen molar-refractivity contribution >= 4 is 21.4 Å². The minimum absolute atomic E-state index is 0.309. The number of pyridine rings is 1. The summed E-state index contributed by atoms with van der Waals surface area (Å²) >= 11 is 1.41. The number of hydrogen-bond acceptors (Lipinski definition) is 5. The van der Waals surface area contributed by atoms with Gasteiger partial charge in [0.05, 0.1) is 4.90 Å². The number of hydrogen-bond donors (Lipinski definition) is 2. The molecule has 3 N–H and O–H groups in total. The minimum atomic E-state index is -3.54.